The van der Waals surface area contributed by atoms with Crippen LogP contribution in [0.3, 0.4) is 0 Å². The van der Waals surface area contributed by atoms with Gasteiger partial charge in [-0.25, -0.2) is 0 Å². The Hall–Kier alpha value is -3.28. The van der Waals surface area contributed by atoms with E-state index in [-0.39, 0.29) is 42.9 Å². The van der Waals surface area contributed by atoms with Gasteiger partial charge in [-0.1, -0.05) is 38.5 Å². The lowest BCUT2D eigenvalue weighted by Gasteiger charge is -2.28. The van der Waals surface area contributed by atoms with Gasteiger partial charge in [0.25, 0.3) is 0 Å². The first-order valence-electron chi connectivity index (χ1n) is 11.6. The van der Waals surface area contributed by atoms with E-state index < -0.39 is 35.8 Å². The molecule has 4 atom stereocenters. The Kier molecular flexibility index (Phi) is 10.8. The van der Waals surface area contributed by atoms with Crippen molar-refractivity contribution in [1.29, 1.82) is 0 Å². The molecule has 0 spiro atoms. The van der Waals surface area contributed by atoms with Crippen LogP contribution in [-0.2, 0) is 25.6 Å². The Morgan fingerprint density at radius 1 is 1.11 bits per heavy atom. The second kappa shape index (κ2) is 13.6. The number of nitrogens with two attached hydrogens (primary N) is 3. The van der Waals surface area contributed by atoms with E-state index in [0.717, 1.165) is 10.5 Å². The van der Waals surface area contributed by atoms with Gasteiger partial charge in [0, 0.05) is 17.2 Å². The molecule has 1 aromatic rings. The Balaban J connectivity index is 2.38. The van der Waals surface area contributed by atoms with Crippen molar-refractivity contribution in [3.63, 3.8) is 0 Å². The molecule has 0 saturated carbocycles. The maximum Gasteiger partial charge on any atom is 0.243 e. The third kappa shape index (κ3) is 8.78. The summed E-state index contributed by atoms with van der Waals surface area (Å²) in [6, 6.07) is 4.51. The van der Waals surface area contributed by atoms with E-state index in [1.807, 2.05) is 38.1 Å². The number of carbonyl (C=O) groups excluding carboxylic acids is 4. The first-order chi connectivity index (χ1) is 16.6. The molecule has 0 aromatic heterocycles. The molecule has 2 rings (SSSR count). The van der Waals surface area contributed by atoms with Crippen LogP contribution in [0, 0.1) is 5.92 Å². The molecule has 1 aliphatic heterocycles. The first kappa shape index (κ1) is 28.0. The SMILES string of the molecule is CCC(C)[C@@H]1NC(=O)Cc2ccccc2SC[C@@H](C(N)=O)NC(=O)[C@H](CCCN=C(N)N)NC1=O. The summed E-state index contributed by atoms with van der Waals surface area (Å²) in [6.45, 7) is 4.03. The summed E-state index contributed by atoms with van der Waals surface area (Å²) in [5.41, 5.74) is 17.0. The van der Waals surface area contributed by atoms with E-state index in [1.165, 1.54) is 11.8 Å². The highest BCUT2D eigenvalue weighted by molar-refractivity contribution is 7.99. The van der Waals surface area contributed by atoms with E-state index in [2.05, 4.69) is 20.9 Å². The van der Waals surface area contributed by atoms with Gasteiger partial charge in [0.2, 0.25) is 23.6 Å². The minimum atomic E-state index is -0.972. The molecule has 0 saturated heterocycles. The van der Waals surface area contributed by atoms with Crippen molar-refractivity contribution in [2.75, 3.05) is 12.3 Å². The highest BCUT2D eigenvalue weighted by Crippen LogP contribution is 2.24. The van der Waals surface area contributed by atoms with E-state index in [4.69, 9.17) is 17.2 Å². The predicted octanol–water partition coefficient (Wildman–Crippen LogP) is -0.626. The summed E-state index contributed by atoms with van der Waals surface area (Å²) in [7, 11) is 0. The Bertz CT molecular complexity index is 952. The lowest BCUT2D eigenvalue weighted by atomic mass is 9.97. The maximum atomic E-state index is 13.2. The summed E-state index contributed by atoms with van der Waals surface area (Å²) in [5, 5.41) is 8.24. The van der Waals surface area contributed by atoms with E-state index >= 15 is 0 Å². The number of carbonyl (C=O) groups is 4. The molecule has 1 aliphatic rings. The van der Waals surface area contributed by atoms with Gasteiger partial charge in [-0.2, -0.15) is 0 Å². The fourth-order valence-electron chi connectivity index (χ4n) is 3.56. The van der Waals surface area contributed by atoms with Crippen LogP contribution in [0.2, 0.25) is 0 Å². The molecule has 1 aromatic carbocycles. The fourth-order valence-corrected chi connectivity index (χ4v) is 4.66. The molecule has 35 heavy (non-hydrogen) atoms. The average Bonchev–Trinajstić information content (AvgIpc) is 2.81. The molecule has 9 N–H and O–H groups in total. The van der Waals surface area contributed by atoms with Gasteiger partial charge in [-0.3, -0.25) is 24.2 Å². The van der Waals surface area contributed by atoms with Gasteiger partial charge in [-0.05, 0) is 30.4 Å². The van der Waals surface area contributed by atoms with Gasteiger partial charge in [0.15, 0.2) is 5.96 Å². The number of guanidine groups is 1. The molecular weight excluding hydrogens is 470 g/mol. The quantitative estimate of drug-likeness (QED) is 0.161. The molecule has 0 radical (unpaired) electrons. The predicted molar refractivity (Wildman–Crippen MR) is 135 cm³/mol. The monoisotopic (exact) mass is 505 g/mol. The van der Waals surface area contributed by atoms with Crippen molar-refractivity contribution in [3.8, 4) is 0 Å². The third-order valence-corrected chi connectivity index (χ3v) is 6.99. The molecule has 192 valence electrons. The molecule has 12 heteroatoms. The first-order valence-corrected chi connectivity index (χ1v) is 12.6. The molecule has 4 amide bonds. The van der Waals surface area contributed by atoms with Crippen molar-refractivity contribution in [1.82, 2.24) is 16.0 Å². The van der Waals surface area contributed by atoms with Crippen molar-refractivity contribution in [2.24, 2.45) is 28.1 Å². The third-order valence-electron chi connectivity index (χ3n) is 5.78. The number of hydrogen-bond donors (Lipinski definition) is 6. The van der Waals surface area contributed by atoms with E-state index in [9.17, 15) is 19.2 Å². The van der Waals surface area contributed by atoms with Crippen LogP contribution < -0.4 is 33.2 Å². The number of hydrogen-bond acceptors (Lipinski definition) is 6. The highest BCUT2D eigenvalue weighted by Gasteiger charge is 2.31. The average molecular weight is 506 g/mol. The largest absolute Gasteiger partial charge is 0.370 e. The fraction of sp³-hybridized carbons (Fsp3) is 0.522. The van der Waals surface area contributed by atoms with Gasteiger partial charge >= 0.3 is 0 Å². The van der Waals surface area contributed by atoms with Crippen LogP contribution in [0.25, 0.3) is 0 Å². The van der Waals surface area contributed by atoms with E-state index in [0.29, 0.717) is 12.8 Å². The van der Waals surface area contributed by atoms with E-state index in [1.54, 1.807) is 0 Å². The van der Waals surface area contributed by atoms with Crippen molar-refractivity contribution < 1.29 is 19.2 Å². The molecule has 0 bridgehead atoms. The molecule has 0 aliphatic carbocycles. The molecule has 1 heterocycles. The summed E-state index contributed by atoms with van der Waals surface area (Å²) in [5.74, 6) is -2.12. The molecule has 0 fully saturated rings. The van der Waals surface area contributed by atoms with Crippen molar-refractivity contribution in [2.45, 2.75) is 62.6 Å². The number of thioether (sulfide) groups is 1. The van der Waals surface area contributed by atoms with Crippen LogP contribution in [0.1, 0.15) is 38.7 Å². The van der Waals surface area contributed by atoms with Gasteiger partial charge < -0.3 is 33.2 Å². The van der Waals surface area contributed by atoms with Gasteiger partial charge in [0.05, 0.1) is 6.42 Å². The summed E-state index contributed by atoms with van der Waals surface area (Å²) in [4.78, 5) is 56.0. The van der Waals surface area contributed by atoms with Crippen LogP contribution in [0.4, 0.5) is 0 Å². The van der Waals surface area contributed by atoms with Crippen LogP contribution in [-0.4, -0.2) is 60.0 Å². The van der Waals surface area contributed by atoms with Crippen LogP contribution in [0.5, 0.6) is 0 Å². The minimum absolute atomic E-state index is 0.0684. The second-order valence-electron chi connectivity index (χ2n) is 8.50. The Labute approximate surface area is 209 Å². The van der Waals surface area contributed by atoms with Crippen LogP contribution >= 0.6 is 11.8 Å². The summed E-state index contributed by atoms with van der Waals surface area (Å²) in [6.07, 6.45) is 1.33. The number of fused-ring (bicyclic) bond motifs is 1. The Morgan fingerprint density at radius 3 is 2.49 bits per heavy atom. The number of nitrogens with one attached hydrogen (secondary N) is 3. The van der Waals surface area contributed by atoms with Gasteiger partial charge in [0.1, 0.15) is 18.1 Å². The number of aliphatic imine (C=N–C) groups is 1. The normalized spacial score (nSPS) is 22.5. The molecule has 1 unspecified atom stereocenters. The number of benzene rings is 1. The molecular formula is C23H35N7O4S. The lowest BCUT2D eigenvalue weighted by molar-refractivity contribution is -0.134. The number of primary amides is 1. The zero-order valence-electron chi connectivity index (χ0n) is 20.1. The molecule has 11 nitrogen and oxygen atoms in total. The highest BCUT2D eigenvalue weighted by atomic mass is 32.2. The maximum absolute atomic E-state index is 13.2. The second-order valence-corrected chi connectivity index (χ2v) is 9.56. The number of rotatable bonds is 7. The zero-order valence-corrected chi connectivity index (χ0v) is 20.9. The zero-order chi connectivity index (χ0) is 26.0. The number of amides is 4. The minimum Gasteiger partial charge on any atom is -0.370 e. The number of nitrogens with zero attached hydrogens (tertiary/aromatic N) is 1. The van der Waals surface area contributed by atoms with Gasteiger partial charge in [-0.15, -0.1) is 11.8 Å². The topological polar surface area (TPSA) is 195 Å². The summed E-state index contributed by atoms with van der Waals surface area (Å²) < 4.78 is 0. The summed E-state index contributed by atoms with van der Waals surface area (Å²) >= 11 is 1.32. The Morgan fingerprint density at radius 2 is 1.83 bits per heavy atom. The standard InChI is InChI=1S/C23H35N7O4S/c1-3-13(2)19-22(34)28-15(8-6-10-27-23(25)26)21(33)29-16(20(24)32)12-35-17-9-5-4-7-14(17)11-18(31)30-19/h4-5,7,9,13,15-16,19H,3,6,8,10-12H2,1-2H3,(H2,24,32)(H,28,34)(H,29,33)(H,30,31)(H4,25,26,27)/t13?,15-,16-,19-/m0/s1. The smallest absolute Gasteiger partial charge is 0.243 e. The van der Waals surface area contributed by atoms with Crippen LogP contribution in [0.15, 0.2) is 34.2 Å². The van der Waals surface area contributed by atoms with Crippen molar-refractivity contribution >= 4 is 41.4 Å². The van der Waals surface area contributed by atoms with Crippen molar-refractivity contribution in [3.05, 3.63) is 29.8 Å². The lowest BCUT2D eigenvalue weighted by Crippen LogP contribution is -2.58.